The predicted octanol–water partition coefficient (Wildman–Crippen LogP) is 1.71. The van der Waals surface area contributed by atoms with Crippen molar-refractivity contribution in [2.24, 2.45) is 0 Å². The first-order chi connectivity index (χ1) is 8.84. The second kappa shape index (κ2) is 4.88. The molecule has 1 aliphatic heterocycles. The van der Waals surface area contributed by atoms with Crippen molar-refractivity contribution in [2.45, 2.75) is 13.0 Å². The van der Waals surface area contributed by atoms with E-state index < -0.39 is 0 Å². The van der Waals surface area contributed by atoms with Crippen LogP contribution in [0.25, 0.3) is 11.4 Å². The number of aryl methyl sites for hydroxylation is 1. The van der Waals surface area contributed by atoms with Gasteiger partial charge in [-0.25, -0.2) is 0 Å². The lowest BCUT2D eigenvalue weighted by Gasteiger charge is -2.20. The summed E-state index contributed by atoms with van der Waals surface area (Å²) in [6.45, 7) is 4.16. The number of benzene rings is 1. The third-order valence-corrected chi connectivity index (χ3v) is 3.05. The van der Waals surface area contributed by atoms with Crippen molar-refractivity contribution in [1.82, 2.24) is 15.5 Å². The van der Waals surface area contributed by atoms with Gasteiger partial charge in [0.1, 0.15) is 6.04 Å². The molecule has 5 heteroatoms. The minimum absolute atomic E-state index is 0.00372. The number of ether oxygens (including phenoxy) is 1. The zero-order chi connectivity index (χ0) is 12.4. The van der Waals surface area contributed by atoms with Gasteiger partial charge in [0.15, 0.2) is 0 Å². The van der Waals surface area contributed by atoms with Gasteiger partial charge in [-0.15, -0.1) is 0 Å². The highest BCUT2D eigenvalue weighted by molar-refractivity contribution is 5.58. The number of morpholine rings is 1. The Kier molecular flexibility index (Phi) is 3.08. The lowest BCUT2D eigenvalue weighted by molar-refractivity contribution is 0.0659. The molecular formula is C13H15N3O2. The Morgan fingerprint density at radius 3 is 3.00 bits per heavy atom. The molecule has 1 aromatic heterocycles. The third-order valence-electron chi connectivity index (χ3n) is 3.05. The Morgan fingerprint density at radius 1 is 1.33 bits per heavy atom. The maximum Gasteiger partial charge on any atom is 0.246 e. The van der Waals surface area contributed by atoms with Crippen molar-refractivity contribution < 1.29 is 9.26 Å². The standard InChI is InChI=1S/C13H15N3O2/c1-9-4-2-3-5-10(9)12-15-13(18-16-12)11-8-17-7-6-14-11/h2-5,11,14H,6-8H2,1H3. The molecule has 0 spiro atoms. The highest BCUT2D eigenvalue weighted by Gasteiger charge is 2.22. The fourth-order valence-electron chi connectivity index (χ4n) is 2.03. The molecule has 5 nitrogen and oxygen atoms in total. The summed E-state index contributed by atoms with van der Waals surface area (Å²) >= 11 is 0. The summed E-state index contributed by atoms with van der Waals surface area (Å²) in [5.41, 5.74) is 2.14. The summed E-state index contributed by atoms with van der Waals surface area (Å²) in [5.74, 6) is 1.23. The summed E-state index contributed by atoms with van der Waals surface area (Å²) in [4.78, 5) is 4.44. The monoisotopic (exact) mass is 245 g/mol. The molecule has 1 saturated heterocycles. The van der Waals surface area contributed by atoms with E-state index in [9.17, 15) is 0 Å². The molecular weight excluding hydrogens is 230 g/mol. The molecule has 2 heterocycles. The van der Waals surface area contributed by atoms with E-state index in [1.807, 2.05) is 31.2 Å². The summed E-state index contributed by atoms with van der Waals surface area (Å²) in [5, 5.41) is 7.33. The van der Waals surface area contributed by atoms with E-state index in [2.05, 4.69) is 15.5 Å². The van der Waals surface area contributed by atoms with Gasteiger partial charge in [0.2, 0.25) is 11.7 Å². The fraction of sp³-hybridized carbons (Fsp3) is 0.385. The quantitative estimate of drug-likeness (QED) is 0.872. The van der Waals surface area contributed by atoms with Gasteiger partial charge in [0.05, 0.1) is 13.2 Å². The van der Waals surface area contributed by atoms with Crippen molar-refractivity contribution in [1.29, 1.82) is 0 Å². The molecule has 1 unspecified atom stereocenters. The second-order valence-electron chi connectivity index (χ2n) is 4.35. The van der Waals surface area contributed by atoms with Crippen LogP contribution in [0.15, 0.2) is 28.8 Å². The minimum atomic E-state index is 0.00372. The van der Waals surface area contributed by atoms with Crippen LogP contribution in [0.2, 0.25) is 0 Å². The topological polar surface area (TPSA) is 60.2 Å². The molecule has 18 heavy (non-hydrogen) atoms. The van der Waals surface area contributed by atoms with Crippen LogP contribution >= 0.6 is 0 Å². The van der Waals surface area contributed by atoms with E-state index in [1.165, 1.54) is 0 Å². The van der Waals surface area contributed by atoms with E-state index >= 15 is 0 Å². The van der Waals surface area contributed by atoms with Crippen LogP contribution in [0, 0.1) is 6.92 Å². The van der Waals surface area contributed by atoms with E-state index in [1.54, 1.807) is 0 Å². The smallest absolute Gasteiger partial charge is 0.246 e. The minimum Gasteiger partial charge on any atom is -0.378 e. The first-order valence-electron chi connectivity index (χ1n) is 6.05. The molecule has 1 N–H and O–H groups in total. The molecule has 94 valence electrons. The highest BCUT2D eigenvalue weighted by Crippen LogP contribution is 2.22. The van der Waals surface area contributed by atoms with Crippen LogP contribution in [0.3, 0.4) is 0 Å². The van der Waals surface area contributed by atoms with Gasteiger partial charge in [0.25, 0.3) is 0 Å². The Balaban J connectivity index is 1.87. The first-order valence-corrected chi connectivity index (χ1v) is 6.05. The van der Waals surface area contributed by atoms with Crippen molar-refractivity contribution >= 4 is 0 Å². The number of nitrogens with one attached hydrogen (secondary N) is 1. The van der Waals surface area contributed by atoms with Crippen molar-refractivity contribution in [3.63, 3.8) is 0 Å². The van der Waals surface area contributed by atoms with Crippen LogP contribution in [-0.2, 0) is 4.74 Å². The maximum atomic E-state index is 5.38. The number of hydrogen-bond donors (Lipinski definition) is 1. The lowest BCUT2D eigenvalue weighted by Crippen LogP contribution is -2.34. The number of aromatic nitrogens is 2. The fourth-order valence-corrected chi connectivity index (χ4v) is 2.03. The summed E-state index contributed by atoms with van der Waals surface area (Å²) in [7, 11) is 0. The molecule has 0 saturated carbocycles. The Bertz CT molecular complexity index is 533. The van der Waals surface area contributed by atoms with Gasteiger partial charge in [-0.05, 0) is 12.5 Å². The number of nitrogens with zero attached hydrogens (tertiary/aromatic N) is 2. The SMILES string of the molecule is Cc1ccccc1-c1noc(C2COCCN2)n1. The maximum absolute atomic E-state index is 5.38. The molecule has 0 aliphatic carbocycles. The van der Waals surface area contributed by atoms with Crippen molar-refractivity contribution in [3.05, 3.63) is 35.7 Å². The van der Waals surface area contributed by atoms with Gasteiger partial charge in [-0.2, -0.15) is 4.98 Å². The zero-order valence-corrected chi connectivity index (χ0v) is 10.2. The molecule has 0 radical (unpaired) electrons. The molecule has 1 fully saturated rings. The molecule has 0 amide bonds. The Labute approximate surface area is 105 Å². The first kappa shape index (κ1) is 11.4. The molecule has 1 atom stereocenters. The second-order valence-corrected chi connectivity index (χ2v) is 4.35. The Hall–Kier alpha value is -1.72. The van der Waals surface area contributed by atoms with Crippen LogP contribution in [0.5, 0.6) is 0 Å². The van der Waals surface area contributed by atoms with Crippen LogP contribution in [0.1, 0.15) is 17.5 Å². The van der Waals surface area contributed by atoms with E-state index in [-0.39, 0.29) is 6.04 Å². The van der Waals surface area contributed by atoms with Crippen molar-refractivity contribution in [3.8, 4) is 11.4 Å². The largest absolute Gasteiger partial charge is 0.378 e. The molecule has 1 aliphatic rings. The van der Waals surface area contributed by atoms with Crippen molar-refractivity contribution in [2.75, 3.05) is 19.8 Å². The van der Waals surface area contributed by atoms with Gasteiger partial charge < -0.3 is 14.6 Å². The van der Waals surface area contributed by atoms with E-state index in [0.717, 1.165) is 24.3 Å². The average molecular weight is 245 g/mol. The van der Waals surface area contributed by atoms with Crippen LogP contribution in [-0.4, -0.2) is 29.9 Å². The summed E-state index contributed by atoms with van der Waals surface area (Å²) in [6.07, 6.45) is 0. The van der Waals surface area contributed by atoms with Crippen LogP contribution in [0.4, 0.5) is 0 Å². The summed E-state index contributed by atoms with van der Waals surface area (Å²) in [6, 6.07) is 8.00. The van der Waals surface area contributed by atoms with Gasteiger partial charge in [-0.1, -0.05) is 29.4 Å². The highest BCUT2D eigenvalue weighted by atomic mass is 16.5. The van der Waals surface area contributed by atoms with Gasteiger partial charge in [0, 0.05) is 12.1 Å². The lowest BCUT2D eigenvalue weighted by atomic mass is 10.1. The van der Waals surface area contributed by atoms with Gasteiger partial charge >= 0.3 is 0 Å². The van der Waals surface area contributed by atoms with E-state index in [4.69, 9.17) is 9.26 Å². The zero-order valence-electron chi connectivity index (χ0n) is 10.2. The van der Waals surface area contributed by atoms with E-state index in [0.29, 0.717) is 18.3 Å². The molecule has 2 aromatic rings. The average Bonchev–Trinajstić information content (AvgIpc) is 2.90. The Morgan fingerprint density at radius 2 is 2.22 bits per heavy atom. The van der Waals surface area contributed by atoms with Crippen LogP contribution < -0.4 is 5.32 Å². The van der Waals surface area contributed by atoms with Gasteiger partial charge in [-0.3, -0.25) is 0 Å². The third kappa shape index (κ3) is 2.14. The number of hydrogen-bond acceptors (Lipinski definition) is 5. The normalized spacial score (nSPS) is 19.9. The molecule has 3 rings (SSSR count). The predicted molar refractivity (Wildman–Crippen MR) is 66.0 cm³/mol. The molecule has 0 bridgehead atoms. The summed E-state index contributed by atoms with van der Waals surface area (Å²) < 4.78 is 10.7. The number of rotatable bonds is 2. The molecule has 1 aromatic carbocycles.